The number of benzene rings is 2. The highest BCUT2D eigenvalue weighted by atomic mass is 19.1. The molecule has 4 aromatic rings. The number of aliphatic hydroxyl groups excluding tert-OH is 1. The Morgan fingerprint density at radius 1 is 1.18 bits per heavy atom. The molecule has 2 aromatic heterocycles. The van der Waals surface area contributed by atoms with Gasteiger partial charge in [0.2, 0.25) is 11.8 Å². The zero-order valence-electron chi connectivity index (χ0n) is 24.2. The molecule has 2 aliphatic rings. The van der Waals surface area contributed by atoms with Crippen molar-refractivity contribution in [3.8, 4) is 11.4 Å². The first-order valence-electron chi connectivity index (χ1n) is 14.4. The summed E-state index contributed by atoms with van der Waals surface area (Å²) in [4.78, 5) is 55.6. The molecule has 0 aliphatic carbocycles. The number of carbonyl (C=O) groups is 3. The second kappa shape index (κ2) is 11.5. The molecule has 0 saturated heterocycles. The van der Waals surface area contributed by atoms with E-state index in [1.165, 1.54) is 16.7 Å². The average Bonchev–Trinajstić information content (AvgIpc) is 3.40. The van der Waals surface area contributed by atoms with E-state index >= 15 is 4.39 Å². The molecule has 0 fully saturated rings. The van der Waals surface area contributed by atoms with Crippen LogP contribution in [0, 0.1) is 5.82 Å². The van der Waals surface area contributed by atoms with E-state index < -0.39 is 54.0 Å². The fourth-order valence-electron chi connectivity index (χ4n) is 5.91. The van der Waals surface area contributed by atoms with E-state index in [1.807, 2.05) is 30.3 Å². The minimum atomic E-state index is -2.01. The number of rotatable bonds is 8. The van der Waals surface area contributed by atoms with Gasteiger partial charge >= 0.3 is 5.97 Å². The molecule has 4 heterocycles. The first-order chi connectivity index (χ1) is 21.5. The summed E-state index contributed by atoms with van der Waals surface area (Å²) in [5.41, 5.74) is 6.06. The van der Waals surface area contributed by atoms with Crippen LogP contribution in [0.2, 0.25) is 0 Å². The van der Waals surface area contributed by atoms with Crippen molar-refractivity contribution in [3.63, 3.8) is 0 Å². The number of amides is 2. The van der Waals surface area contributed by atoms with Gasteiger partial charge in [-0.3, -0.25) is 14.4 Å². The van der Waals surface area contributed by atoms with Crippen LogP contribution in [0.5, 0.6) is 0 Å². The summed E-state index contributed by atoms with van der Waals surface area (Å²) in [6.07, 6.45) is 0.254. The first kappa shape index (κ1) is 30.1. The van der Waals surface area contributed by atoms with Gasteiger partial charge in [-0.2, -0.15) is 0 Å². The van der Waals surface area contributed by atoms with Crippen molar-refractivity contribution in [1.82, 2.24) is 14.9 Å². The molecule has 2 atom stereocenters. The molecule has 6 N–H and O–H groups in total. The molecule has 0 spiro atoms. The Hall–Kier alpha value is -4.98. The molecule has 1 unspecified atom stereocenters. The average molecular weight is 616 g/mol. The lowest BCUT2D eigenvalue weighted by Gasteiger charge is -2.31. The van der Waals surface area contributed by atoms with Crippen molar-refractivity contribution in [2.45, 2.75) is 51.2 Å². The summed E-state index contributed by atoms with van der Waals surface area (Å²) >= 11 is 0. The van der Waals surface area contributed by atoms with Gasteiger partial charge < -0.3 is 35.9 Å². The zero-order chi connectivity index (χ0) is 32.0. The summed E-state index contributed by atoms with van der Waals surface area (Å²) in [6, 6.07) is 12.2. The summed E-state index contributed by atoms with van der Waals surface area (Å²) in [6.45, 7) is 0.398. The van der Waals surface area contributed by atoms with E-state index in [-0.39, 0.29) is 48.3 Å². The van der Waals surface area contributed by atoms with Gasteiger partial charge in [0, 0.05) is 22.6 Å². The van der Waals surface area contributed by atoms with Gasteiger partial charge in [0.1, 0.15) is 12.4 Å². The van der Waals surface area contributed by atoms with E-state index in [0.717, 1.165) is 11.6 Å². The number of ether oxygens (including phenoxy) is 1. The van der Waals surface area contributed by atoms with Crippen molar-refractivity contribution in [1.29, 1.82) is 0 Å². The predicted octanol–water partition coefficient (Wildman–Crippen LogP) is 1.34. The minimum Gasteiger partial charge on any atom is -0.458 e. The van der Waals surface area contributed by atoms with Gasteiger partial charge in [0.15, 0.2) is 5.60 Å². The summed E-state index contributed by atoms with van der Waals surface area (Å²) in [7, 11) is 0. The SMILES string of the molecule is CC[C@@]1(O)C(=O)OCc2c1cc1n(c2=O)Cc2c-1nc1cc(F)c(NC(=O)CNC(=O)C(N)Cc3ccccc3)cc1c2CO. The van der Waals surface area contributed by atoms with Gasteiger partial charge in [-0.05, 0) is 36.1 Å². The van der Waals surface area contributed by atoms with Crippen LogP contribution in [0.4, 0.5) is 10.1 Å². The fraction of sp³-hybridized carbons (Fsp3) is 0.281. The number of pyridine rings is 2. The molecule has 0 saturated carbocycles. The van der Waals surface area contributed by atoms with Crippen LogP contribution >= 0.6 is 0 Å². The van der Waals surface area contributed by atoms with E-state index in [2.05, 4.69) is 15.6 Å². The zero-order valence-corrected chi connectivity index (χ0v) is 24.2. The Labute approximate surface area is 255 Å². The summed E-state index contributed by atoms with van der Waals surface area (Å²) < 4.78 is 21.8. The number of aromatic nitrogens is 2. The van der Waals surface area contributed by atoms with Crippen LogP contribution in [0.25, 0.3) is 22.3 Å². The Morgan fingerprint density at radius 3 is 2.64 bits per heavy atom. The number of hydrogen-bond donors (Lipinski definition) is 5. The normalized spacial score (nSPS) is 17.2. The van der Waals surface area contributed by atoms with Crippen molar-refractivity contribution >= 4 is 34.4 Å². The summed E-state index contributed by atoms with van der Waals surface area (Å²) in [5.74, 6) is -2.91. The standard InChI is InChI=1S/C32H30FN5O7/c1-2-32(44)21-10-26-28-18(13-38(26)30(42)20(21)15-45-31(32)43)19(14-39)17-9-25(22(33)11-24(17)37-28)36-27(40)12-35-29(41)23(34)8-16-6-4-3-5-7-16/h3-7,9-11,23,39,44H,2,8,12-15,34H2,1H3,(H,35,41)(H,36,40)/t23?,32-/m0/s1. The largest absolute Gasteiger partial charge is 0.458 e. The van der Waals surface area contributed by atoms with Crippen molar-refractivity contribution in [2.75, 3.05) is 11.9 Å². The highest BCUT2D eigenvalue weighted by Crippen LogP contribution is 2.40. The minimum absolute atomic E-state index is 0.0223. The molecule has 0 radical (unpaired) electrons. The molecular formula is C32H30FN5O7. The number of nitrogens with two attached hydrogens (primary N) is 1. The lowest BCUT2D eigenvalue weighted by Crippen LogP contribution is -2.44. The Balaban J connectivity index is 1.27. The van der Waals surface area contributed by atoms with Gasteiger partial charge in [0.25, 0.3) is 5.56 Å². The number of halogens is 1. The second-order valence-corrected chi connectivity index (χ2v) is 11.1. The number of carbonyl (C=O) groups excluding carboxylic acids is 3. The second-order valence-electron chi connectivity index (χ2n) is 11.1. The third kappa shape index (κ3) is 5.14. The third-order valence-corrected chi connectivity index (χ3v) is 8.39. The number of aliphatic hydroxyl groups is 2. The third-order valence-electron chi connectivity index (χ3n) is 8.39. The van der Waals surface area contributed by atoms with Crippen molar-refractivity contribution in [3.05, 3.63) is 92.5 Å². The molecule has 13 heteroatoms. The fourth-order valence-corrected chi connectivity index (χ4v) is 5.91. The van der Waals surface area contributed by atoms with E-state index in [1.54, 1.807) is 6.92 Å². The van der Waals surface area contributed by atoms with Crippen LogP contribution in [0.15, 0.2) is 53.3 Å². The maximum Gasteiger partial charge on any atom is 0.343 e. The van der Waals surface area contributed by atoms with Gasteiger partial charge in [-0.1, -0.05) is 37.3 Å². The van der Waals surface area contributed by atoms with E-state index in [0.29, 0.717) is 27.9 Å². The lowest BCUT2D eigenvalue weighted by atomic mass is 9.86. The number of nitrogens with zero attached hydrogens (tertiary/aromatic N) is 2. The van der Waals surface area contributed by atoms with Gasteiger partial charge in [-0.15, -0.1) is 0 Å². The summed E-state index contributed by atoms with van der Waals surface area (Å²) in [5, 5.41) is 26.7. The van der Waals surface area contributed by atoms with Crippen LogP contribution in [0.3, 0.4) is 0 Å². The molecule has 6 rings (SSSR count). The number of cyclic esters (lactones) is 1. The Kier molecular flexibility index (Phi) is 7.69. The predicted molar refractivity (Wildman–Crippen MR) is 160 cm³/mol. The molecule has 2 amide bonds. The molecule has 0 bridgehead atoms. The quantitative estimate of drug-likeness (QED) is 0.161. The number of hydrogen-bond acceptors (Lipinski definition) is 9. The van der Waals surface area contributed by atoms with Crippen LogP contribution in [-0.2, 0) is 50.9 Å². The maximum absolute atomic E-state index is 15.2. The molecule has 2 aromatic carbocycles. The van der Waals surface area contributed by atoms with Crippen molar-refractivity contribution in [2.24, 2.45) is 5.73 Å². The molecule has 12 nitrogen and oxygen atoms in total. The number of nitrogens with one attached hydrogen (secondary N) is 2. The molecule has 45 heavy (non-hydrogen) atoms. The van der Waals surface area contributed by atoms with E-state index in [4.69, 9.17) is 10.5 Å². The number of anilines is 1. The van der Waals surface area contributed by atoms with Crippen molar-refractivity contribution < 1.29 is 33.7 Å². The van der Waals surface area contributed by atoms with Gasteiger partial charge in [-0.25, -0.2) is 14.2 Å². The topological polar surface area (TPSA) is 186 Å². The molecule has 2 aliphatic heterocycles. The highest BCUT2D eigenvalue weighted by Gasteiger charge is 2.45. The van der Waals surface area contributed by atoms with Gasteiger partial charge in [0.05, 0.1) is 53.9 Å². The number of esters is 1. The lowest BCUT2D eigenvalue weighted by molar-refractivity contribution is -0.172. The smallest absolute Gasteiger partial charge is 0.343 e. The molecular weight excluding hydrogens is 585 g/mol. The monoisotopic (exact) mass is 615 g/mol. The van der Waals surface area contributed by atoms with Crippen LogP contribution in [0.1, 0.15) is 41.2 Å². The highest BCUT2D eigenvalue weighted by molar-refractivity contribution is 5.98. The van der Waals surface area contributed by atoms with Crippen LogP contribution < -0.4 is 21.9 Å². The first-order valence-corrected chi connectivity index (χ1v) is 14.4. The van der Waals surface area contributed by atoms with Crippen LogP contribution in [-0.4, -0.2) is 50.1 Å². The number of fused-ring (bicyclic) bond motifs is 5. The molecule has 232 valence electrons. The maximum atomic E-state index is 15.2. The Bertz CT molecular complexity index is 1940. The Morgan fingerprint density at radius 2 is 1.93 bits per heavy atom. The van der Waals surface area contributed by atoms with E-state index in [9.17, 15) is 29.4 Å².